The van der Waals surface area contributed by atoms with Crippen LogP contribution in [0.15, 0.2) is 12.1 Å². The summed E-state index contributed by atoms with van der Waals surface area (Å²) in [6.07, 6.45) is 7.55. The predicted octanol–water partition coefficient (Wildman–Crippen LogP) is 3.75. The molecule has 1 aliphatic heterocycles. The third-order valence-corrected chi connectivity index (χ3v) is 8.07. The SMILES string of the molecule is O=C(NS(=O)(=O)N1C[C@@H]2CC[C@@H](C2)C1)c1cc(Cl)c(OCC2CCCC2)cc1F. The van der Waals surface area contributed by atoms with Gasteiger partial charge in [0.2, 0.25) is 0 Å². The lowest BCUT2D eigenvalue weighted by Crippen LogP contribution is -2.48. The molecule has 3 fully saturated rings. The molecule has 1 aromatic rings. The van der Waals surface area contributed by atoms with Gasteiger partial charge in [0, 0.05) is 19.2 Å². The fraction of sp³-hybridized carbons (Fsp3) is 0.650. The van der Waals surface area contributed by atoms with E-state index in [1.807, 2.05) is 4.72 Å². The van der Waals surface area contributed by atoms with Crippen molar-refractivity contribution in [3.8, 4) is 5.75 Å². The number of nitrogens with zero attached hydrogens (tertiary/aromatic N) is 1. The number of nitrogens with one attached hydrogen (secondary N) is 1. The maximum Gasteiger partial charge on any atom is 0.304 e. The molecule has 0 radical (unpaired) electrons. The molecule has 0 spiro atoms. The first-order chi connectivity index (χ1) is 13.8. The fourth-order valence-electron chi connectivity index (χ4n) is 4.79. The zero-order valence-electron chi connectivity index (χ0n) is 16.2. The van der Waals surface area contributed by atoms with Gasteiger partial charge in [-0.2, -0.15) is 12.7 Å². The van der Waals surface area contributed by atoms with Crippen molar-refractivity contribution < 1.29 is 22.3 Å². The molecule has 2 aliphatic carbocycles. The minimum absolute atomic E-state index is 0.0861. The number of fused-ring (bicyclic) bond motifs is 2. The van der Waals surface area contributed by atoms with Crippen molar-refractivity contribution >= 4 is 27.7 Å². The summed E-state index contributed by atoms with van der Waals surface area (Å²) in [7, 11) is -4.02. The van der Waals surface area contributed by atoms with Gasteiger partial charge in [-0.25, -0.2) is 9.11 Å². The van der Waals surface area contributed by atoms with E-state index in [0.717, 1.165) is 44.2 Å². The highest BCUT2D eigenvalue weighted by Crippen LogP contribution is 2.37. The Kier molecular flexibility index (Phi) is 6.04. The van der Waals surface area contributed by atoms with Gasteiger partial charge in [-0.1, -0.05) is 24.4 Å². The molecule has 1 aromatic carbocycles. The van der Waals surface area contributed by atoms with Gasteiger partial charge in [-0.3, -0.25) is 4.79 Å². The van der Waals surface area contributed by atoms with Crippen molar-refractivity contribution in [3.05, 3.63) is 28.5 Å². The van der Waals surface area contributed by atoms with Gasteiger partial charge in [-0.15, -0.1) is 0 Å². The first-order valence-corrected chi connectivity index (χ1v) is 12.1. The van der Waals surface area contributed by atoms with Crippen LogP contribution in [0.3, 0.4) is 0 Å². The van der Waals surface area contributed by atoms with E-state index in [2.05, 4.69) is 0 Å². The van der Waals surface area contributed by atoms with Crippen LogP contribution < -0.4 is 9.46 Å². The van der Waals surface area contributed by atoms with E-state index in [1.54, 1.807) is 0 Å². The van der Waals surface area contributed by atoms with Crippen LogP contribution in [0.1, 0.15) is 55.3 Å². The van der Waals surface area contributed by atoms with Gasteiger partial charge in [0.05, 0.1) is 17.2 Å². The third kappa shape index (κ3) is 4.70. The molecule has 9 heteroatoms. The molecule has 29 heavy (non-hydrogen) atoms. The van der Waals surface area contributed by atoms with E-state index in [-0.39, 0.29) is 10.8 Å². The molecule has 1 N–H and O–H groups in total. The molecule has 2 atom stereocenters. The highest BCUT2D eigenvalue weighted by molar-refractivity contribution is 7.87. The first-order valence-electron chi connectivity index (χ1n) is 10.3. The third-order valence-electron chi connectivity index (χ3n) is 6.35. The molecular formula is C20H26ClFN2O4S. The zero-order valence-corrected chi connectivity index (χ0v) is 17.8. The van der Waals surface area contributed by atoms with Crippen molar-refractivity contribution in [2.24, 2.45) is 17.8 Å². The summed E-state index contributed by atoms with van der Waals surface area (Å²) in [5, 5.41) is 0.0861. The summed E-state index contributed by atoms with van der Waals surface area (Å²) in [5.74, 6) is -0.608. The average molecular weight is 445 g/mol. The molecule has 0 unspecified atom stereocenters. The van der Waals surface area contributed by atoms with Crippen molar-refractivity contribution in [2.75, 3.05) is 19.7 Å². The molecule has 2 bridgehead atoms. The predicted molar refractivity (Wildman–Crippen MR) is 108 cm³/mol. The van der Waals surface area contributed by atoms with Crippen LogP contribution in [0, 0.1) is 23.6 Å². The molecule has 1 amide bonds. The molecule has 6 nitrogen and oxygen atoms in total. The molecule has 4 rings (SSSR count). The molecule has 1 saturated heterocycles. The summed E-state index contributed by atoms with van der Waals surface area (Å²) in [5.41, 5.74) is -0.410. The Hall–Kier alpha value is -1.38. The van der Waals surface area contributed by atoms with Crippen LogP contribution in [-0.4, -0.2) is 38.3 Å². The summed E-state index contributed by atoms with van der Waals surface area (Å²) in [6.45, 7) is 1.25. The summed E-state index contributed by atoms with van der Waals surface area (Å²) in [6, 6.07) is 2.19. The Morgan fingerprint density at radius 2 is 1.83 bits per heavy atom. The molecule has 3 aliphatic rings. The number of carbonyl (C=O) groups excluding carboxylic acids is 1. The maximum atomic E-state index is 14.5. The van der Waals surface area contributed by atoms with Crippen LogP contribution in [-0.2, 0) is 10.2 Å². The number of ether oxygens (including phenoxy) is 1. The first kappa shape index (κ1) is 20.9. The van der Waals surface area contributed by atoms with Crippen molar-refractivity contribution in [1.82, 2.24) is 9.03 Å². The number of hydrogen-bond donors (Lipinski definition) is 1. The minimum Gasteiger partial charge on any atom is -0.492 e. The Bertz CT molecular complexity index is 877. The second kappa shape index (κ2) is 8.40. The van der Waals surface area contributed by atoms with E-state index in [9.17, 15) is 17.6 Å². The molecular weight excluding hydrogens is 419 g/mol. The molecule has 160 valence electrons. The van der Waals surface area contributed by atoms with E-state index in [1.165, 1.54) is 17.1 Å². The number of halogens is 2. The van der Waals surface area contributed by atoms with Gasteiger partial charge in [-0.05, 0) is 55.9 Å². The summed E-state index contributed by atoms with van der Waals surface area (Å²) < 4.78 is 48.7. The maximum absolute atomic E-state index is 14.5. The van der Waals surface area contributed by atoms with E-state index < -0.39 is 27.5 Å². The van der Waals surface area contributed by atoms with Crippen molar-refractivity contribution in [2.45, 2.75) is 44.9 Å². The van der Waals surface area contributed by atoms with Gasteiger partial charge < -0.3 is 4.74 Å². The van der Waals surface area contributed by atoms with E-state index >= 15 is 0 Å². The fourth-order valence-corrected chi connectivity index (χ4v) is 6.30. The Labute approximate surface area is 175 Å². The zero-order chi connectivity index (χ0) is 20.6. The summed E-state index contributed by atoms with van der Waals surface area (Å²) in [4.78, 5) is 12.5. The number of rotatable bonds is 6. The van der Waals surface area contributed by atoms with Crippen LogP contribution in [0.4, 0.5) is 4.39 Å². The molecule has 2 saturated carbocycles. The Balaban J connectivity index is 1.43. The topological polar surface area (TPSA) is 75.7 Å². The standard InChI is InChI=1S/C20H26ClFN2O4S/c21-17-8-16(18(22)9-19(17)28-12-13-3-1-2-4-13)20(25)23-29(26,27)24-10-14-5-6-15(7-14)11-24/h8-9,13-15H,1-7,10-12H2,(H,23,25)/t14-,15+. The van der Waals surface area contributed by atoms with Crippen LogP contribution >= 0.6 is 11.6 Å². The highest BCUT2D eigenvalue weighted by Gasteiger charge is 2.38. The quantitative estimate of drug-likeness (QED) is 0.724. The lowest BCUT2D eigenvalue weighted by molar-refractivity contribution is 0.0973. The minimum atomic E-state index is -4.02. The van der Waals surface area contributed by atoms with Crippen LogP contribution in [0.5, 0.6) is 5.75 Å². The van der Waals surface area contributed by atoms with Gasteiger partial charge in [0.25, 0.3) is 5.91 Å². The van der Waals surface area contributed by atoms with Crippen molar-refractivity contribution in [1.29, 1.82) is 0 Å². The van der Waals surface area contributed by atoms with Gasteiger partial charge in [0.15, 0.2) is 0 Å². The molecule has 0 aromatic heterocycles. The van der Waals surface area contributed by atoms with Crippen LogP contribution in [0.25, 0.3) is 0 Å². The second-order valence-corrected chi connectivity index (χ2v) is 10.6. The van der Waals surface area contributed by atoms with E-state index in [0.29, 0.717) is 37.5 Å². The Morgan fingerprint density at radius 1 is 1.17 bits per heavy atom. The summed E-state index contributed by atoms with van der Waals surface area (Å²) >= 11 is 6.17. The number of piperidine rings is 1. The monoisotopic (exact) mass is 444 g/mol. The number of benzene rings is 1. The highest BCUT2D eigenvalue weighted by atomic mass is 35.5. The molecule has 1 heterocycles. The average Bonchev–Trinajstić information content (AvgIpc) is 3.30. The number of hydrogen-bond acceptors (Lipinski definition) is 4. The lowest BCUT2D eigenvalue weighted by atomic mass is 10.0. The number of carbonyl (C=O) groups is 1. The van der Waals surface area contributed by atoms with Gasteiger partial charge >= 0.3 is 10.2 Å². The largest absolute Gasteiger partial charge is 0.492 e. The van der Waals surface area contributed by atoms with Crippen LogP contribution in [0.2, 0.25) is 5.02 Å². The normalized spacial score (nSPS) is 25.3. The smallest absolute Gasteiger partial charge is 0.304 e. The van der Waals surface area contributed by atoms with Gasteiger partial charge in [0.1, 0.15) is 11.6 Å². The second-order valence-electron chi connectivity index (χ2n) is 8.52. The van der Waals surface area contributed by atoms with Crippen molar-refractivity contribution in [3.63, 3.8) is 0 Å². The van der Waals surface area contributed by atoms with E-state index in [4.69, 9.17) is 16.3 Å². The number of amides is 1. The lowest BCUT2D eigenvalue weighted by Gasteiger charge is -2.30. The Morgan fingerprint density at radius 3 is 2.48 bits per heavy atom.